The number of pyridine rings is 1. The number of nitrogen functional groups attached to an aromatic ring is 1. The van der Waals surface area contributed by atoms with Gasteiger partial charge < -0.3 is 10.5 Å². The predicted molar refractivity (Wildman–Crippen MR) is 82.2 cm³/mol. The molecular formula is C15H16N2O3S. The highest BCUT2D eigenvalue weighted by Crippen LogP contribution is 2.30. The molecule has 2 aromatic rings. The second-order valence-electron chi connectivity index (χ2n) is 4.54. The highest BCUT2D eigenvalue weighted by atomic mass is 32.2. The second kappa shape index (κ2) is 5.97. The zero-order chi connectivity index (χ0) is 15.5. The molecule has 2 rings (SSSR count). The lowest BCUT2D eigenvalue weighted by Crippen LogP contribution is -2.03. The molecule has 0 spiro atoms. The lowest BCUT2D eigenvalue weighted by Gasteiger charge is -2.12. The van der Waals surface area contributed by atoms with Crippen molar-refractivity contribution in [1.82, 2.24) is 4.98 Å². The van der Waals surface area contributed by atoms with E-state index in [2.05, 4.69) is 11.6 Å². The Bertz CT molecular complexity index is 770. The van der Waals surface area contributed by atoms with Crippen molar-refractivity contribution in [2.45, 2.75) is 11.3 Å². The Labute approximate surface area is 124 Å². The molecule has 0 aliphatic rings. The van der Waals surface area contributed by atoms with E-state index >= 15 is 0 Å². The fourth-order valence-corrected chi connectivity index (χ4v) is 2.59. The molecular weight excluding hydrogens is 288 g/mol. The molecule has 21 heavy (non-hydrogen) atoms. The van der Waals surface area contributed by atoms with Gasteiger partial charge in [-0.1, -0.05) is 6.08 Å². The fraction of sp³-hybridized carbons (Fsp3) is 0.133. The molecule has 5 nitrogen and oxygen atoms in total. The first-order valence-corrected chi connectivity index (χ1v) is 8.13. The third-order valence-corrected chi connectivity index (χ3v) is 3.90. The van der Waals surface area contributed by atoms with E-state index in [1.807, 2.05) is 0 Å². The number of sulfone groups is 1. The maximum atomic E-state index is 11.8. The summed E-state index contributed by atoms with van der Waals surface area (Å²) in [6.45, 7) is 3.68. The van der Waals surface area contributed by atoms with Crippen molar-refractivity contribution >= 4 is 15.5 Å². The van der Waals surface area contributed by atoms with Gasteiger partial charge in [0, 0.05) is 23.7 Å². The maximum Gasteiger partial charge on any atom is 0.238 e. The fourth-order valence-electron chi connectivity index (χ4n) is 1.85. The summed E-state index contributed by atoms with van der Waals surface area (Å²) in [5, 5.41) is 0. The zero-order valence-corrected chi connectivity index (χ0v) is 12.4. The molecule has 0 saturated carbocycles. The predicted octanol–water partition coefficient (Wildman–Crippen LogP) is 2.59. The third-order valence-electron chi connectivity index (χ3n) is 2.79. The lowest BCUT2D eigenvalue weighted by atomic mass is 10.1. The summed E-state index contributed by atoms with van der Waals surface area (Å²) < 4.78 is 29.2. The van der Waals surface area contributed by atoms with E-state index in [1.165, 1.54) is 12.3 Å². The summed E-state index contributed by atoms with van der Waals surface area (Å²) in [5.74, 6) is 0.558. The van der Waals surface area contributed by atoms with E-state index < -0.39 is 9.84 Å². The van der Waals surface area contributed by atoms with Crippen molar-refractivity contribution in [2.24, 2.45) is 0 Å². The normalized spacial score (nSPS) is 11.1. The van der Waals surface area contributed by atoms with Crippen LogP contribution in [0.4, 0.5) is 5.69 Å². The molecule has 0 unspecified atom stereocenters. The third kappa shape index (κ3) is 3.61. The molecule has 0 aliphatic carbocycles. The summed E-state index contributed by atoms with van der Waals surface area (Å²) in [7, 11) is -3.42. The van der Waals surface area contributed by atoms with Crippen molar-refractivity contribution in [3.8, 4) is 11.6 Å². The average molecular weight is 304 g/mol. The van der Waals surface area contributed by atoms with Crippen LogP contribution in [-0.4, -0.2) is 19.7 Å². The highest BCUT2D eigenvalue weighted by Gasteiger charge is 2.17. The van der Waals surface area contributed by atoms with Crippen LogP contribution in [0.25, 0.3) is 0 Å². The first-order chi connectivity index (χ1) is 9.91. The molecule has 0 fully saturated rings. The Balaban J connectivity index is 2.46. The summed E-state index contributed by atoms with van der Waals surface area (Å²) in [6.07, 6.45) is 4.87. The van der Waals surface area contributed by atoms with E-state index in [4.69, 9.17) is 10.5 Å². The Morgan fingerprint density at radius 2 is 2.14 bits per heavy atom. The van der Waals surface area contributed by atoms with Gasteiger partial charge in [0.25, 0.3) is 0 Å². The maximum absolute atomic E-state index is 11.8. The number of anilines is 1. The van der Waals surface area contributed by atoms with E-state index in [-0.39, 0.29) is 10.8 Å². The van der Waals surface area contributed by atoms with Crippen LogP contribution in [0.5, 0.6) is 11.6 Å². The average Bonchev–Trinajstić information content (AvgIpc) is 2.41. The summed E-state index contributed by atoms with van der Waals surface area (Å²) >= 11 is 0. The molecule has 1 aromatic carbocycles. The minimum Gasteiger partial charge on any atom is -0.437 e. The van der Waals surface area contributed by atoms with Crippen molar-refractivity contribution in [1.29, 1.82) is 0 Å². The van der Waals surface area contributed by atoms with Crippen LogP contribution in [-0.2, 0) is 16.3 Å². The van der Waals surface area contributed by atoms with Gasteiger partial charge >= 0.3 is 0 Å². The molecule has 0 bridgehead atoms. The molecule has 0 atom stereocenters. The van der Waals surface area contributed by atoms with Crippen LogP contribution < -0.4 is 10.5 Å². The van der Waals surface area contributed by atoms with E-state index in [0.29, 0.717) is 17.9 Å². The molecule has 0 saturated heterocycles. The second-order valence-corrected chi connectivity index (χ2v) is 6.53. The quantitative estimate of drug-likeness (QED) is 0.678. The Hall–Kier alpha value is -2.34. The standard InChI is InChI=1S/C15H16N2O3S/c1-3-5-11-10-12(16)7-8-13(11)20-15-14(21(2,18)19)6-4-9-17-15/h3-4,6-10H,1,5,16H2,2H3. The van der Waals surface area contributed by atoms with Crippen molar-refractivity contribution in [3.05, 3.63) is 54.7 Å². The smallest absolute Gasteiger partial charge is 0.238 e. The number of aromatic nitrogens is 1. The van der Waals surface area contributed by atoms with Crippen LogP contribution in [0.1, 0.15) is 5.56 Å². The number of nitrogens with zero attached hydrogens (tertiary/aromatic N) is 1. The van der Waals surface area contributed by atoms with Gasteiger partial charge in [-0.3, -0.25) is 0 Å². The van der Waals surface area contributed by atoms with E-state index in [1.54, 1.807) is 30.3 Å². The van der Waals surface area contributed by atoms with Crippen LogP contribution in [0.2, 0.25) is 0 Å². The molecule has 110 valence electrons. The molecule has 2 N–H and O–H groups in total. The Morgan fingerprint density at radius 1 is 1.38 bits per heavy atom. The van der Waals surface area contributed by atoms with Crippen LogP contribution in [0, 0.1) is 0 Å². The Kier molecular flexibility index (Phi) is 4.28. The minimum absolute atomic E-state index is 0.0476. The van der Waals surface area contributed by atoms with Gasteiger partial charge in [-0.15, -0.1) is 6.58 Å². The zero-order valence-electron chi connectivity index (χ0n) is 11.6. The molecule has 0 amide bonds. The molecule has 0 radical (unpaired) electrons. The summed E-state index contributed by atoms with van der Waals surface area (Å²) in [6, 6.07) is 8.15. The number of rotatable bonds is 5. The largest absolute Gasteiger partial charge is 0.437 e. The number of nitrogens with two attached hydrogens (primary N) is 1. The number of hydrogen-bond donors (Lipinski definition) is 1. The monoisotopic (exact) mass is 304 g/mol. The highest BCUT2D eigenvalue weighted by molar-refractivity contribution is 7.90. The molecule has 1 heterocycles. The van der Waals surface area contributed by atoms with Gasteiger partial charge in [0.2, 0.25) is 5.88 Å². The molecule has 0 aliphatic heterocycles. The van der Waals surface area contributed by atoms with Gasteiger partial charge in [-0.2, -0.15) is 0 Å². The number of benzene rings is 1. The molecule has 6 heteroatoms. The SMILES string of the molecule is C=CCc1cc(N)ccc1Oc1ncccc1S(C)(=O)=O. The topological polar surface area (TPSA) is 82.3 Å². The van der Waals surface area contributed by atoms with Crippen LogP contribution in [0.15, 0.2) is 54.1 Å². The number of ether oxygens (including phenoxy) is 1. The van der Waals surface area contributed by atoms with Crippen molar-refractivity contribution in [3.63, 3.8) is 0 Å². The van der Waals surface area contributed by atoms with Gasteiger partial charge in [0.15, 0.2) is 9.84 Å². The number of hydrogen-bond acceptors (Lipinski definition) is 5. The van der Waals surface area contributed by atoms with Gasteiger partial charge in [0.05, 0.1) is 0 Å². The van der Waals surface area contributed by atoms with E-state index in [9.17, 15) is 8.42 Å². The van der Waals surface area contributed by atoms with Gasteiger partial charge in [0.1, 0.15) is 10.6 Å². The number of allylic oxidation sites excluding steroid dienone is 1. The van der Waals surface area contributed by atoms with Crippen molar-refractivity contribution in [2.75, 3.05) is 12.0 Å². The first-order valence-electron chi connectivity index (χ1n) is 6.24. The van der Waals surface area contributed by atoms with Gasteiger partial charge in [-0.25, -0.2) is 13.4 Å². The lowest BCUT2D eigenvalue weighted by molar-refractivity contribution is 0.443. The van der Waals surface area contributed by atoms with E-state index in [0.717, 1.165) is 11.8 Å². The van der Waals surface area contributed by atoms with Crippen LogP contribution in [0.3, 0.4) is 0 Å². The first kappa shape index (κ1) is 15.1. The van der Waals surface area contributed by atoms with Gasteiger partial charge in [-0.05, 0) is 36.8 Å². The van der Waals surface area contributed by atoms with Crippen molar-refractivity contribution < 1.29 is 13.2 Å². The summed E-state index contributed by atoms with van der Waals surface area (Å²) in [5.41, 5.74) is 7.16. The van der Waals surface area contributed by atoms with Crippen LogP contribution >= 0.6 is 0 Å². The summed E-state index contributed by atoms with van der Waals surface area (Å²) in [4.78, 5) is 4.05. The minimum atomic E-state index is -3.42. The molecule has 1 aromatic heterocycles. The Morgan fingerprint density at radius 3 is 2.81 bits per heavy atom.